The highest BCUT2D eigenvalue weighted by atomic mass is 35.7. The van der Waals surface area contributed by atoms with Gasteiger partial charge in [0.2, 0.25) is 0 Å². The zero-order valence-corrected chi connectivity index (χ0v) is 12.9. The Hall–Kier alpha value is -1.03. The van der Waals surface area contributed by atoms with Gasteiger partial charge in [0.1, 0.15) is 11.3 Å². The fourth-order valence-electron chi connectivity index (χ4n) is 1.35. The molecule has 0 aliphatic carbocycles. The van der Waals surface area contributed by atoms with Gasteiger partial charge in [-0.25, -0.2) is 4.57 Å². The zero-order valence-electron chi connectivity index (χ0n) is 11.3. The molecule has 0 saturated heterocycles. The number of esters is 1. The molecule has 0 aromatic heterocycles. The van der Waals surface area contributed by atoms with Crippen LogP contribution in [0, 0.1) is 0 Å². The van der Waals surface area contributed by atoms with E-state index in [1.807, 2.05) is 0 Å². The van der Waals surface area contributed by atoms with Crippen LogP contribution in [0.3, 0.4) is 0 Å². The molecule has 0 heterocycles. The van der Waals surface area contributed by atoms with Crippen LogP contribution < -0.4 is 4.52 Å². The summed E-state index contributed by atoms with van der Waals surface area (Å²) in [6.07, 6.45) is 0. The van der Waals surface area contributed by atoms with Crippen molar-refractivity contribution in [1.82, 2.24) is 4.67 Å². The fourth-order valence-corrected chi connectivity index (χ4v) is 3.34. The normalized spacial score (nSPS) is 14.8. The molecule has 106 valence electrons. The number of para-hydroxylation sites is 1. The molecular weight excluding hydrogens is 289 g/mol. The minimum Gasteiger partial charge on any atom is -0.468 e. The highest BCUT2D eigenvalue weighted by molar-refractivity contribution is 7.83. The number of rotatable bonds is 5. The van der Waals surface area contributed by atoms with Crippen LogP contribution in [0.2, 0.25) is 0 Å². The SMILES string of the molecule is COC(=O)C(C)(C)N(C)P(=O)(Cl)Oc1ccccc1. The Morgan fingerprint density at radius 1 is 1.32 bits per heavy atom. The monoisotopic (exact) mass is 305 g/mol. The lowest BCUT2D eigenvalue weighted by atomic mass is 10.1. The molecule has 1 aromatic rings. The van der Waals surface area contributed by atoms with E-state index >= 15 is 0 Å². The summed E-state index contributed by atoms with van der Waals surface area (Å²) in [5.41, 5.74) is -1.17. The van der Waals surface area contributed by atoms with Gasteiger partial charge in [0.25, 0.3) is 0 Å². The first-order chi connectivity index (χ1) is 8.71. The Bertz CT molecular complexity index is 492. The number of hydrogen-bond acceptors (Lipinski definition) is 4. The number of carbonyl (C=O) groups excluding carboxylic acids is 1. The van der Waals surface area contributed by atoms with E-state index in [0.29, 0.717) is 5.75 Å². The minimum atomic E-state index is -3.69. The van der Waals surface area contributed by atoms with Gasteiger partial charge in [-0.05, 0) is 33.0 Å². The molecule has 0 fully saturated rings. The number of methoxy groups -OCH3 is 1. The van der Waals surface area contributed by atoms with Crippen LogP contribution in [0.1, 0.15) is 13.8 Å². The smallest absolute Gasteiger partial charge is 0.412 e. The molecule has 0 bridgehead atoms. The Morgan fingerprint density at radius 2 is 1.84 bits per heavy atom. The number of halogens is 1. The van der Waals surface area contributed by atoms with Crippen molar-refractivity contribution in [3.8, 4) is 5.75 Å². The van der Waals surface area contributed by atoms with Crippen LogP contribution in [0.5, 0.6) is 5.75 Å². The van der Waals surface area contributed by atoms with Crippen molar-refractivity contribution in [3.05, 3.63) is 30.3 Å². The predicted molar refractivity (Wildman–Crippen MR) is 74.4 cm³/mol. The third-order valence-electron chi connectivity index (χ3n) is 2.81. The van der Waals surface area contributed by atoms with Crippen molar-refractivity contribution in [2.24, 2.45) is 0 Å². The Kier molecular flexibility index (Phi) is 5.02. The van der Waals surface area contributed by atoms with Crippen LogP contribution in [0.15, 0.2) is 30.3 Å². The van der Waals surface area contributed by atoms with Gasteiger partial charge < -0.3 is 9.26 Å². The molecule has 0 saturated carbocycles. The third-order valence-corrected chi connectivity index (χ3v) is 5.35. The topological polar surface area (TPSA) is 55.8 Å². The van der Waals surface area contributed by atoms with E-state index in [9.17, 15) is 9.36 Å². The van der Waals surface area contributed by atoms with Crippen LogP contribution >= 0.6 is 18.1 Å². The molecule has 7 heteroatoms. The molecule has 0 aliphatic rings. The standard InChI is InChI=1S/C12H17ClNO4P/c1-12(2,11(15)17-4)14(3)19(13,16)18-10-8-6-5-7-9-10/h5-9H,1-4H3. The van der Waals surface area contributed by atoms with Gasteiger partial charge in [0, 0.05) is 11.2 Å². The molecule has 1 atom stereocenters. The molecule has 19 heavy (non-hydrogen) atoms. The molecule has 0 amide bonds. The van der Waals surface area contributed by atoms with Gasteiger partial charge in [-0.1, -0.05) is 18.2 Å². The van der Waals surface area contributed by atoms with Crippen molar-refractivity contribution in [2.75, 3.05) is 14.2 Å². The summed E-state index contributed by atoms with van der Waals surface area (Å²) in [5.74, 6) is -0.180. The van der Waals surface area contributed by atoms with Crippen molar-refractivity contribution in [1.29, 1.82) is 0 Å². The number of benzene rings is 1. The van der Waals surface area contributed by atoms with E-state index in [-0.39, 0.29) is 0 Å². The summed E-state index contributed by atoms with van der Waals surface area (Å²) in [7, 11) is 2.71. The van der Waals surface area contributed by atoms with Crippen LogP contribution in [-0.4, -0.2) is 30.3 Å². The first-order valence-corrected chi connectivity index (χ1v) is 8.07. The van der Waals surface area contributed by atoms with Crippen molar-refractivity contribution in [2.45, 2.75) is 19.4 Å². The van der Waals surface area contributed by atoms with Crippen molar-refractivity contribution >= 4 is 24.1 Å². The van der Waals surface area contributed by atoms with E-state index in [2.05, 4.69) is 4.74 Å². The van der Waals surface area contributed by atoms with Gasteiger partial charge >= 0.3 is 12.8 Å². The van der Waals surface area contributed by atoms with Crippen LogP contribution in [0.25, 0.3) is 0 Å². The van der Waals surface area contributed by atoms with Crippen LogP contribution in [-0.2, 0) is 14.1 Å². The molecule has 0 N–H and O–H groups in total. The molecule has 1 unspecified atom stereocenters. The molecule has 1 rings (SSSR count). The van der Waals surface area contributed by atoms with Crippen LogP contribution in [0.4, 0.5) is 0 Å². The molecule has 0 spiro atoms. The number of likely N-dealkylation sites (N-methyl/N-ethyl adjacent to an activating group) is 1. The van der Waals surface area contributed by atoms with Crippen molar-refractivity contribution < 1.29 is 18.6 Å². The van der Waals surface area contributed by atoms with E-state index < -0.39 is 18.4 Å². The summed E-state index contributed by atoms with van der Waals surface area (Å²) in [6, 6.07) is 8.53. The molecule has 0 aliphatic heterocycles. The van der Waals surface area contributed by atoms with E-state index in [4.69, 9.17) is 15.8 Å². The van der Waals surface area contributed by atoms with E-state index in [1.54, 1.807) is 44.2 Å². The number of ether oxygens (including phenoxy) is 1. The predicted octanol–water partition coefficient (Wildman–Crippen LogP) is 3.30. The summed E-state index contributed by atoms with van der Waals surface area (Å²) in [5, 5.41) is 0. The maximum absolute atomic E-state index is 12.4. The number of carbonyl (C=O) groups is 1. The second-order valence-electron chi connectivity index (χ2n) is 4.43. The van der Waals surface area contributed by atoms with Gasteiger partial charge in [-0.15, -0.1) is 0 Å². The zero-order chi connectivity index (χ0) is 14.7. The molecular formula is C12H17ClNO4P. The summed E-state index contributed by atoms with van der Waals surface area (Å²) in [4.78, 5) is 11.7. The third kappa shape index (κ3) is 3.72. The number of hydrogen-bond donors (Lipinski definition) is 0. The Balaban J connectivity index is 2.94. The highest BCUT2D eigenvalue weighted by Crippen LogP contribution is 2.57. The van der Waals surface area contributed by atoms with Gasteiger partial charge in [0.15, 0.2) is 0 Å². The lowest BCUT2D eigenvalue weighted by molar-refractivity contribution is -0.149. The molecule has 5 nitrogen and oxygen atoms in total. The quantitative estimate of drug-likeness (QED) is 0.617. The average Bonchev–Trinajstić information content (AvgIpc) is 2.37. The Labute approximate surface area is 117 Å². The largest absolute Gasteiger partial charge is 0.468 e. The summed E-state index contributed by atoms with van der Waals surface area (Å²) < 4.78 is 23.5. The van der Waals surface area contributed by atoms with Gasteiger partial charge in [0.05, 0.1) is 7.11 Å². The maximum atomic E-state index is 12.4. The lowest BCUT2D eigenvalue weighted by Crippen LogP contribution is -2.46. The summed E-state index contributed by atoms with van der Waals surface area (Å²) >= 11 is 5.96. The average molecular weight is 306 g/mol. The maximum Gasteiger partial charge on any atom is 0.412 e. The van der Waals surface area contributed by atoms with Crippen molar-refractivity contribution in [3.63, 3.8) is 0 Å². The molecule has 1 aromatic carbocycles. The second-order valence-corrected chi connectivity index (χ2v) is 7.40. The first kappa shape index (κ1) is 16.0. The number of nitrogens with zero attached hydrogens (tertiary/aromatic N) is 1. The first-order valence-electron chi connectivity index (χ1n) is 5.59. The van der Waals surface area contributed by atoms with Gasteiger partial charge in [-0.2, -0.15) is 4.67 Å². The summed E-state index contributed by atoms with van der Waals surface area (Å²) in [6.45, 7) is -0.574. The van der Waals surface area contributed by atoms with E-state index in [0.717, 1.165) is 0 Å². The lowest BCUT2D eigenvalue weighted by Gasteiger charge is -2.34. The molecule has 0 radical (unpaired) electrons. The Morgan fingerprint density at radius 3 is 2.32 bits per heavy atom. The van der Waals surface area contributed by atoms with Gasteiger partial charge in [-0.3, -0.25) is 4.79 Å². The fraction of sp³-hybridized carbons (Fsp3) is 0.417. The minimum absolute atomic E-state index is 0.369. The van der Waals surface area contributed by atoms with E-state index in [1.165, 1.54) is 18.8 Å². The highest BCUT2D eigenvalue weighted by Gasteiger charge is 2.44. The second kappa shape index (κ2) is 5.95.